The van der Waals surface area contributed by atoms with E-state index in [4.69, 9.17) is 17.2 Å². The molecule has 0 aliphatic heterocycles. The van der Waals surface area contributed by atoms with Crippen molar-refractivity contribution in [3.8, 4) is 0 Å². The number of hydrogen-bond donors (Lipinski definition) is 4. The Kier molecular flexibility index (Phi) is 8.39. The Morgan fingerprint density at radius 1 is 1.17 bits per heavy atom. The molecule has 1 unspecified atom stereocenters. The maximum absolute atomic E-state index is 12.4. The molecule has 0 heterocycles. The van der Waals surface area contributed by atoms with E-state index >= 15 is 0 Å². The van der Waals surface area contributed by atoms with E-state index in [1.54, 1.807) is 0 Å². The zero-order valence-corrected chi connectivity index (χ0v) is 14.4. The fraction of sp³-hybridized carbons (Fsp3) is 0.529. The number of primary amides is 1. The summed E-state index contributed by atoms with van der Waals surface area (Å²) in [6.07, 6.45) is 1.28. The van der Waals surface area contributed by atoms with Crippen molar-refractivity contribution in [1.82, 2.24) is 10.4 Å². The first kappa shape index (κ1) is 20.1. The van der Waals surface area contributed by atoms with E-state index in [9.17, 15) is 9.59 Å². The smallest absolute Gasteiger partial charge is 0.254 e. The standard InChI is InChI=1S/C17H29N5O2/c1-12(2)21-22(17(24)15(19)11-16(20)23)10-6-9-14(18)13-7-4-3-5-8-13/h3-5,7-8,12,14-15,21H,6,9-11,18-19H2,1-2H3,(H2,20,23)/t14?,15-/m0/s1. The molecule has 0 bridgehead atoms. The number of nitrogens with zero attached hydrogens (tertiary/aromatic N) is 1. The molecule has 0 aliphatic rings. The molecule has 7 heteroatoms. The Balaban J connectivity index is 2.56. The highest BCUT2D eigenvalue weighted by atomic mass is 16.2. The molecule has 7 nitrogen and oxygen atoms in total. The monoisotopic (exact) mass is 335 g/mol. The molecule has 2 atom stereocenters. The minimum Gasteiger partial charge on any atom is -0.370 e. The second kappa shape index (κ2) is 10.0. The third-order valence-corrected chi connectivity index (χ3v) is 3.54. The van der Waals surface area contributed by atoms with Crippen LogP contribution >= 0.6 is 0 Å². The number of carbonyl (C=O) groups is 2. The Hall–Kier alpha value is -1.96. The highest BCUT2D eigenvalue weighted by Gasteiger charge is 2.23. The maximum Gasteiger partial charge on any atom is 0.254 e. The summed E-state index contributed by atoms with van der Waals surface area (Å²) in [5.74, 6) is -0.928. The summed E-state index contributed by atoms with van der Waals surface area (Å²) in [7, 11) is 0. The Morgan fingerprint density at radius 3 is 2.33 bits per heavy atom. The van der Waals surface area contributed by atoms with Crippen molar-refractivity contribution in [2.45, 2.75) is 51.2 Å². The number of rotatable bonds is 10. The molecule has 0 saturated carbocycles. The zero-order chi connectivity index (χ0) is 18.1. The number of nitrogens with one attached hydrogen (secondary N) is 1. The maximum atomic E-state index is 12.4. The molecular weight excluding hydrogens is 306 g/mol. The Labute approximate surface area is 143 Å². The van der Waals surface area contributed by atoms with E-state index in [1.807, 2.05) is 44.2 Å². The first-order valence-corrected chi connectivity index (χ1v) is 8.23. The number of hydrazine groups is 1. The van der Waals surface area contributed by atoms with E-state index in [0.717, 1.165) is 12.0 Å². The summed E-state index contributed by atoms with van der Waals surface area (Å²) in [6, 6.07) is 8.88. The van der Waals surface area contributed by atoms with Gasteiger partial charge in [0.15, 0.2) is 0 Å². The van der Waals surface area contributed by atoms with Crippen molar-refractivity contribution in [1.29, 1.82) is 0 Å². The molecule has 1 rings (SSSR count). The van der Waals surface area contributed by atoms with E-state index < -0.39 is 11.9 Å². The largest absolute Gasteiger partial charge is 0.370 e. The lowest BCUT2D eigenvalue weighted by atomic mass is 10.0. The minimum atomic E-state index is -0.934. The van der Waals surface area contributed by atoms with Gasteiger partial charge in [0.25, 0.3) is 5.91 Å². The van der Waals surface area contributed by atoms with Crippen LogP contribution in [0.25, 0.3) is 0 Å². The number of amides is 2. The summed E-state index contributed by atoms with van der Waals surface area (Å²) < 4.78 is 0. The van der Waals surface area contributed by atoms with Crippen LogP contribution in [0.4, 0.5) is 0 Å². The molecule has 2 amide bonds. The summed E-state index contributed by atoms with van der Waals surface area (Å²) in [5, 5.41) is 1.47. The highest BCUT2D eigenvalue weighted by molar-refractivity contribution is 5.87. The summed E-state index contributed by atoms with van der Waals surface area (Å²) in [5.41, 5.74) is 21.2. The van der Waals surface area contributed by atoms with Crippen LogP contribution in [-0.4, -0.2) is 35.5 Å². The molecule has 0 spiro atoms. The van der Waals surface area contributed by atoms with Gasteiger partial charge < -0.3 is 17.2 Å². The number of carbonyl (C=O) groups excluding carboxylic acids is 2. The number of nitrogens with two attached hydrogens (primary N) is 3. The fourth-order valence-electron chi connectivity index (χ4n) is 2.39. The van der Waals surface area contributed by atoms with Crippen LogP contribution in [0, 0.1) is 0 Å². The first-order chi connectivity index (χ1) is 11.3. The lowest BCUT2D eigenvalue weighted by Crippen LogP contribution is -2.53. The van der Waals surface area contributed by atoms with Crippen molar-refractivity contribution < 1.29 is 9.59 Å². The molecule has 0 aliphatic carbocycles. The molecule has 134 valence electrons. The van der Waals surface area contributed by atoms with Gasteiger partial charge in [-0.3, -0.25) is 14.6 Å². The predicted octanol–water partition coefficient (Wildman–Crippen LogP) is 0.411. The molecule has 0 radical (unpaired) electrons. The van der Waals surface area contributed by atoms with Gasteiger partial charge in [-0.05, 0) is 32.3 Å². The Morgan fingerprint density at radius 2 is 1.79 bits per heavy atom. The normalized spacial score (nSPS) is 13.5. The lowest BCUT2D eigenvalue weighted by molar-refractivity contribution is -0.138. The molecule has 0 saturated heterocycles. The third-order valence-electron chi connectivity index (χ3n) is 3.54. The molecule has 1 aromatic rings. The van der Waals surface area contributed by atoms with E-state index in [-0.39, 0.29) is 24.4 Å². The topological polar surface area (TPSA) is 127 Å². The molecule has 24 heavy (non-hydrogen) atoms. The van der Waals surface area contributed by atoms with Crippen molar-refractivity contribution in [3.63, 3.8) is 0 Å². The van der Waals surface area contributed by atoms with Crippen LogP contribution in [0.2, 0.25) is 0 Å². The molecule has 0 aromatic heterocycles. The minimum absolute atomic E-state index is 0.0672. The van der Waals surface area contributed by atoms with Crippen LogP contribution in [0.5, 0.6) is 0 Å². The average Bonchev–Trinajstić information content (AvgIpc) is 2.52. The van der Waals surface area contributed by atoms with Gasteiger partial charge in [-0.2, -0.15) is 0 Å². The second-order valence-electron chi connectivity index (χ2n) is 6.21. The second-order valence-corrected chi connectivity index (χ2v) is 6.21. The van der Waals surface area contributed by atoms with Crippen LogP contribution < -0.4 is 22.6 Å². The molecule has 0 fully saturated rings. The average molecular weight is 335 g/mol. The summed E-state index contributed by atoms with van der Waals surface area (Å²) in [4.78, 5) is 23.3. The van der Waals surface area contributed by atoms with Gasteiger partial charge in [-0.1, -0.05) is 30.3 Å². The van der Waals surface area contributed by atoms with Gasteiger partial charge in [0, 0.05) is 18.6 Å². The quantitative estimate of drug-likeness (QED) is 0.461. The SMILES string of the molecule is CC(C)NN(CCCC(N)c1ccccc1)C(=O)[C@@H](N)CC(N)=O. The third kappa shape index (κ3) is 7.08. The van der Waals surface area contributed by atoms with Crippen LogP contribution in [-0.2, 0) is 9.59 Å². The van der Waals surface area contributed by atoms with Gasteiger partial charge in [0.1, 0.15) is 0 Å². The predicted molar refractivity (Wildman–Crippen MR) is 94.4 cm³/mol. The van der Waals surface area contributed by atoms with Crippen molar-refractivity contribution in [2.75, 3.05) is 6.54 Å². The first-order valence-electron chi connectivity index (χ1n) is 8.23. The van der Waals surface area contributed by atoms with Gasteiger partial charge in [0.05, 0.1) is 12.5 Å². The zero-order valence-electron chi connectivity index (χ0n) is 14.4. The van der Waals surface area contributed by atoms with Crippen molar-refractivity contribution >= 4 is 11.8 Å². The van der Waals surface area contributed by atoms with Crippen molar-refractivity contribution in [2.24, 2.45) is 17.2 Å². The summed E-state index contributed by atoms with van der Waals surface area (Å²) in [6.45, 7) is 4.31. The lowest BCUT2D eigenvalue weighted by Gasteiger charge is -2.28. The van der Waals surface area contributed by atoms with Gasteiger partial charge in [0.2, 0.25) is 5.91 Å². The van der Waals surface area contributed by atoms with Crippen LogP contribution in [0.15, 0.2) is 30.3 Å². The fourth-order valence-corrected chi connectivity index (χ4v) is 2.39. The van der Waals surface area contributed by atoms with Crippen molar-refractivity contribution in [3.05, 3.63) is 35.9 Å². The van der Waals surface area contributed by atoms with Gasteiger partial charge >= 0.3 is 0 Å². The molecule has 1 aromatic carbocycles. The van der Waals surface area contributed by atoms with Gasteiger partial charge in [-0.25, -0.2) is 5.43 Å². The van der Waals surface area contributed by atoms with Gasteiger partial charge in [-0.15, -0.1) is 0 Å². The highest BCUT2D eigenvalue weighted by Crippen LogP contribution is 2.15. The molecular formula is C17H29N5O2. The van der Waals surface area contributed by atoms with E-state index in [0.29, 0.717) is 13.0 Å². The van der Waals surface area contributed by atoms with E-state index in [2.05, 4.69) is 5.43 Å². The van der Waals surface area contributed by atoms with E-state index in [1.165, 1.54) is 5.01 Å². The van der Waals surface area contributed by atoms with Crippen LogP contribution in [0.1, 0.15) is 44.7 Å². The number of benzene rings is 1. The van der Waals surface area contributed by atoms with Crippen LogP contribution in [0.3, 0.4) is 0 Å². The number of hydrogen-bond acceptors (Lipinski definition) is 5. The summed E-state index contributed by atoms with van der Waals surface area (Å²) >= 11 is 0. The molecule has 7 N–H and O–H groups in total. The Bertz CT molecular complexity index is 521.